The quantitative estimate of drug-likeness (QED) is 0.878. The fraction of sp³-hybridized carbons (Fsp3) is 0.188. The molecule has 0 aliphatic carbocycles. The summed E-state index contributed by atoms with van der Waals surface area (Å²) >= 11 is 0. The second kappa shape index (κ2) is 5.90. The molecule has 22 heavy (non-hydrogen) atoms. The van der Waals surface area contributed by atoms with Crippen LogP contribution in [0.25, 0.3) is 0 Å². The van der Waals surface area contributed by atoms with Crippen molar-refractivity contribution in [1.29, 1.82) is 0 Å². The van der Waals surface area contributed by atoms with Crippen LogP contribution in [-0.4, -0.2) is 36.8 Å². The Balaban J connectivity index is 1.95. The summed E-state index contributed by atoms with van der Waals surface area (Å²) in [5.41, 5.74) is 1.57. The first-order valence-electron chi connectivity index (χ1n) is 6.96. The summed E-state index contributed by atoms with van der Waals surface area (Å²) < 4.78 is 32.5. The van der Waals surface area contributed by atoms with Crippen LogP contribution in [0.5, 0.6) is 0 Å². The topological polar surface area (TPSA) is 70.0 Å². The molecule has 0 radical (unpaired) electrons. The molecule has 1 aliphatic rings. The van der Waals surface area contributed by atoms with Crippen molar-refractivity contribution in [3.63, 3.8) is 0 Å². The number of benzene rings is 2. The number of aliphatic imine (C=N–C) groups is 1. The van der Waals surface area contributed by atoms with Gasteiger partial charge in [-0.1, -0.05) is 42.5 Å². The molecule has 0 saturated heterocycles. The fourth-order valence-electron chi connectivity index (χ4n) is 2.57. The molecule has 2 aromatic rings. The zero-order chi connectivity index (χ0) is 15.6. The predicted octanol–water partition coefficient (Wildman–Crippen LogP) is 2.20. The second-order valence-corrected chi connectivity index (χ2v) is 6.47. The molecule has 0 saturated carbocycles. The zero-order valence-corrected chi connectivity index (χ0v) is 12.7. The van der Waals surface area contributed by atoms with Gasteiger partial charge in [0.2, 0.25) is 0 Å². The third-order valence-corrected chi connectivity index (χ3v) is 4.46. The van der Waals surface area contributed by atoms with E-state index in [2.05, 4.69) is 4.99 Å². The largest absolute Gasteiger partial charge is 0.350 e. The highest BCUT2D eigenvalue weighted by atomic mass is 32.2. The van der Waals surface area contributed by atoms with E-state index in [-0.39, 0.29) is 4.90 Å². The highest BCUT2D eigenvalue weighted by Crippen LogP contribution is 2.21. The van der Waals surface area contributed by atoms with Crippen LogP contribution in [0.15, 0.2) is 64.5 Å². The van der Waals surface area contributed by atoms with Gasteiger partial charge in [-0.25, -0.2) is 0 Å². The monoisotopic (exact) mass is 316 g/mol. The Morgan fingerprint density at radius 1 is 1.05 bits per heavy atom. The molecule has 0 spiro atoms. The van der Waals surface area contributed by atoms with Crippen LogP contribution in [0, 0.1) is 0 Å². The van der Waals surface area contributed by atoms with Gasteiger partial charge < -0.3 is 4.90 Å². The summed E-state index contributed by atoms with van der Waals surface area (Å²) in [7, 11) is -4.27. The standard InChI is InChI=1S/C16H16N2O3S/c19-22(20,21)15-9-5-4-8-14(15)16-17-10-11-18(16)12-13-6-2-1-3-7-13/h1-9H,10-12H2,(H,19,20,21). The van der Waals surface area contributed by atoms with Gasteiger partial charge in [0.15, 0.2) is 0 Å². The average Bonchev–Trinajstić information content (AvgIpc) is 2.95. The van der Waals surface area contributed by atoms with Gasteiger partial charge in [0.1, 0.15) is 10.7 Å². The van der Waals surface area contributed by atoms with Gasteiger partial charge in [-0.3, -0.25) is 9.55 Å². The van der Waals surface area contributed by atoms with Crippen molar-refractivity contribution >= 4 is 16.0 Å². The Morgan fingerprint density at radius 2 is 1.73 bits per heavy atom. The fourth-order valence-corrected chi connectivity index (χ4v) is 3.26. The van der Waals surface area contributed by atoms with E-state index in [1.54, 1.807) is 18.2 Å². The molecule has 0 atom stereocenters. The van der Waals surface area contributed by atoms with E-state index >= 15 is 0 Å². The van der Waals surface area contributed by atoms with Crippen molar-refractivity contribution < 1.29 is 13.0 Å². The first kappa shape index (κ1) is 14.7. The maximum atomic E-state index is 11.6. The zero-order valence-electron chi connectivity index (χ0n) is 11.9. The van der Waals surface area contributed by atoms with Gasteiger partial charge in [0.05, 0.1) is 6.54 Å². The van der Waals surface area contributed by atoms with E-state index in [1.165, 1.54) is 6.07 Å². The molecule has 3 rings (SSSR count). The first-order valence-corrected chi connectivity index (χ1v) is 8.40. The van der Waals surface area contributed by atoms with E-state index in [0.717, 1.165) is 12.1 Å². The second-order valence-electron chi connectivity index (χ2n) is 5.08. The molecule has 114 valence electrons. The van der Waals surface area contributed by atoms with Crippen LogP contribution in [0.1, 0.15) is 11.1 Å². The number of hydrogen-bond donors (Lipinski definition) is 1. The van der Waals surface area contributed by atoms with Crippen molar-refractivity contribution in [2.24, 2.45) is 4.99 Å². The normalized spacial score (nSPS) is 15.0. The Kier molecular flexibility index (Phi) is 3.96. The van der Waals surface area contributed by atoms with Crippen LogP contribution in [0.3, 0.4) is 0 Å². The van der Waals surface area contributed by atoms with Crippen molar-refractivity contribution in [3.05, 3.63) is 65.7 Å². The molecule has 0 fully saturated rings. The summed E-state index contributed by atoms with van der Waals surface area (Å²) in [6.45, 7) is 1.99. The molecular formula is C16H16N2O3S. The highest BCUT2D eigenvalue weighted by Gasteiger charge is 2.25. The number of hydrogen-bond acceptors (Lipinski definition) is 4. The van der Waals surface area contributed by atoms with Crippen LogP contribution in [-0.2, 0) is 16.7 Å². The van der Waals surface area contributed by atoms with Crippen LogP contribution in [0.2, 0.25) is 0 Å². The molecule has 0 unspecified atom stereocenters. The summed E-state index contributed by atoms with van der Waals surface area (Å²) in [6, 6.07) is 16.3. The van der Waals surface area contributed by atoms with E-state index in [4.69, 9.17) is 0 Å². The maximum absolute atomic E-state index is 11.6. The van der Waals surface area contributed by atoms with Gasteiger partial charge in [-0.05, 0) is 17.7 Å². The van der Waals surface area contributed by atoms with E-state index in [9.17, 15) is 13.0 Å². The van der Waals surface area contributed by atoms with E-state index in [1.807, 2.05) is 35.2 Å². The Morgan fingerprint density at radius 3 is 2.45 bits per heavy atom. The molecule has 5 nitrogen and oxygen atoms in total. The van der Waals surface area contributed by atoms with Crippen molar-refractivity contribution in [2.45, 2.75) is 11.4 Å². The average molecular weight is 316 g/mol. The molecule has 0 aromatic heterocycles. The van der Waals surface area contributed by atoms with Crippen LogP contribution in [0.4, 0.5) is 0 Å². The third kappa shape index (κ3) is 3.03. The molecule has 0 bridgehead atoms. The SMILES string of the molecule is O=S(=O)(O)c1ccccc1C1=NCCN1Cc1ccccc1. The Bertz CT molecular complexity index is 801. The molecule has 6 heteroatoms. The number of nitrogens with zero attached hydrogens (tertiary/aromatic N) is 2. The first-order chi connectivity index (χ1) is 10.6. The third-order valence-electron chi connectivity index (χ3n) is 3.55. The molecule has 1 heterocycles. The van der Waals surface area contributed by atoms with Gasteiger partial charge in [-0.15, -0.1) is 0 Å². The van der Waals surface area contributed by atoms with Crippen molar-refractivity contribution in [2.75, 3.05) is 13.1 Å². The minimum atomic E-state index is -4.27. The summed E-state index contributed by atoms with van der Waals surface area (Å²) in [4.78, 5) is 6.35. The van der Waals surface area contributed by atoms with Gasteiger partial charge in [-0.2, -0.15) is 8.42 Å². The van der Waals surface area contributed by atoms with Crippen molar-refractivity contribution in [1.82, 2.24) is 4.90 Å². The minimum Gasteiger partial charge on any atom is -0.350 e. The van der Waals surface area contributed by atoms with Gasteiger partial charge >= 0.3 is 0 Å². The highest BCUT2D eigenvalue weighted by molar-refractivity contribution is 7.86. The summed E-state index contributed by atoms with van der Waals surface area (Å²) in [5, 5.41) is 0. The molecule has 0 amide bonds. The van der Waals surface area contributed by atoms with Crippen molar-refractivity contribution in [3.8, 4) is 0 Å². The lowest BCUT2D eigenvalue weighted by molar-refractivity contribution is 0.451. The maximum Gasteiger partial charge on any atom is 0.295 e. The van der Waals surface area contributed by atoms with Gasteiger partial charge in [0, 0.05) is 18.7 Å². The molecule has 1 N–H and O–H groups in total. The number of amidine groups is 1. The lowest BCUT2D eigenvalue weighted by atomic mass is 10.1. The van der Waals surface area contributed by atoms with E-state index in [0.29, 0.717) is 24.5 Å². The van der Waals surface area contributed by atoms with Crippen LogP contribution >= 0.6 is 0 Å². The Labute approximate surface area is 129 Å². The smallest absolute Gasteiger partial charge is 0.295 e. The number of rotatable bonds is 4. The lowest BCUT2D eigenvalue weighted by Crippen LogP contribution is -2.29. The predicted molar refractivity (Wildman–Crippen MR) is 84.5 cm³/mol. The lowest BCUT2D eigenvalue weighted by Gasteiger charge is -2.21. The van der Waals surface area contributed by atoms with Gasteiger partial charge in [0.25, 0.3) is 10.1 Å². The molecule has 2 aromatic carbocycles. The summed E-state index contributed by atoms with van der Waals surface area (Å²) in [5.74, 6) is 0.608. The summed E-state index contributed by atoms with van der Waals surface area (Å²) in [6.07, 6.45) is 0. The minimum absolute atomic E-state index is 0.103. The molecule has 1 aliphatic heterocycles. The van der Waals surface area contributed by atoms with Crippen LogP contribution < -0.4 is 0 Å². The molecular weight excluding hydrogens is 300 g/mol. The van der Waals surface area contributed by atoms with E-state index < -0.39 is 10.1 Å². The Hall–Kier alpha value is -2.18.